The van der Waals surface area contributed by atoms with Gasteiger partial charge in [-0.15, -0.1) is 0 Å². The maximum atomic E-state index is 6.14. The molecule has 1 aliphatic carbocycles. The van der Waals surface area contributed by atoms with Gasteiger partial charge in [-0.1, -0.05) is 23.4 Å². The van der Waals surface area contributed by atoms with Gasteiger partial charge in [0.1, 0.15) is 23.3 Å². The highest BCUT2D eigenvalue weighted by Gasteiger charge is 2.44. The predicted molar refractivity (Wildman–Crippen MR) is 87.5 cm³/mol. The molecule has 1 aromatic carbocycles. The van der Waals surface area contributed by atoms with E-state index in [0.29, 0.717) is 6.61 Å². The van der Waals surface area contributed by atoms with E-state index in [1.54, 1.807) is 0 Å². The monoisotopic (exact) mass is 316 g/mol. The first kappa shape index (κ1) is 16.0. The molecule has 0 amide bonds. The molecule has 1 aliphatic rings. The van der Waals surface area contributed by atoms with Crippen molar-refractivity contribution in [2.24, 2.45) is 0 Å². The first-order valence-corrected chi connectivity index (χ1v) is 8.20. The lowest BCUT2D eigenvalue weighted by atomic mass is 9.84. The molecule has 124 valence electrons. The fraction of sp³-hybridized carbons (Fsp3) is 0.500. The lowest BCUT2D eigenvalue weighted by Gasteiger charge is -2.45. The molecule has 0 saturated heterocycles. The third kappa shape index (κ3) is 3.74. The third-order valence-electron chi connectivity index (χ3n) is 4.20. The molecule has 0 spiro atoms. The minimum atomic E-state index is 0.00722. The Labute approximate surface area is 137 Å². The number of nitrogens with one attached hydrogen (secondary N) is 1. The zero-order valence-electron chi connectivity index (χ0n) is 13.9. The van der Waals surface area contributed by atoms with E-state index in [0.717, 1.165) is 23.6 Å². The van der Waals surface area contributed by atoms with Crippen LogP contribution in [-0.2, 0) is 4.74 Å². The quantitative estimate of drug-likeness (QED) is 0.849. The Hall–Kier alpha value is -1.85. The van der Waals surface area contributed by atoms with Gasteiger partial charge in [0.25, 0.3) is 0 Å². The number of hydrogen-bond acceptors (Lipinski definition) is 5. The van der Waals surface area contributed by atoms with E-state index in [1.165, 1.54) is 0 Å². The second kappa shape index (κ2) is 7.15. The number of aromatic nitrogens is 1. The molecule has 1 N–H and O–H groups in total. The van der Waals surface area contributed by atoms with Gasteiger partial charge in [0.2, 0.25) is 0 Å². The smallest absolute Gasteiger partial charge is 0.140 e. The molecular weight excluding hydrogens is 292 g/mol. The zero-order chi connectivity index (χ0) is 16.2. The number of rotatable bonds is 7. The Morgan fingerprint density at radius 2 is 2.13 bits per heavy atom. The summed E-state index contributed by atoms with van der Waals surface area (Å²) in [7, 11) is 0. The van der Waals surface area contributed by atoms with Crippen molar-refractivity contribution in [3.63, 3.8) is 0 Å². The molecule has 1 heterocycles. The van der Waals surface area contributed by atoms with E-state index < -0.39 is 0 Å². The molecule has 1 fully saturated rings. The van der Waals surface area contributed by atoms with Gasteiger partial charge in [-0.3, -0.25) is 0 Å². The van der Waals surface area contributed by atoms with Crippen LogP contribution in [0.5, 0.6) is 5.75 Å². The van der Waals surface area contributed by atoms with Gasteiger partial charge in [0.05, 0.1) is 12.1 Å². The van der Waals surface area contributed by atoms with Crippen molar-refractivity contribution < 1.29 is 14.0 Å². The predicted octanol–water partition coefficient (Wildman–Crippen LogP) is 3.26. The second-order valence-electron chi connectivity index (χ2n) is 5.98. The molecule has 1 saturated carbocycles. The van der Waals surface area contributed by atoms with Gasteiger partial charge in [-0.05, 0) is 39.3 Å². The molecule has 0 radical (unpaired) electrons. The lowest BCUT2D eigenvalue weighted by molar-refractivity contribution is -0.104. The highest BCUT2D eigenvalue weighted by atomic mass is 16.5. The number of nitrogens with zero attached hydrogens (tertiary/aromatic N) is 1. The Morgan fingerprint density at radius 1 is 1.35 bits per heavy atom. The summed E-state index contributed by atoms with van der Waals surface area (Å²) in [6.45, 7) is 6.70. The maximum absolute atomic E-state index is 6.14. The molecule has 0 aliphatic heterocycles. The maximum Gasteiger partial charge on any atom is 0.140 e. The van der Waals surface area contributed by atoms with Gasteiger partial charge in [0.15, 0.2) is 0 Å². The average Bonchev–Trinajstić information content (AvgIpc) is 2.99. The van der Waals surface area contributed by atoms with Crippen LogP contribution in [0.1, 0.15) is 37.8 Å². The summed E-state index contributed by atoms with van der Waals surface area (Å²) < 4.78 is 17.1. The van der Waals surface area contributed by atoms with Crippen molar-refractivity contribution in [3.05, 3.63) is 47.9 Å². The molecule has 5 heteroatoms. The van der Waals surface area contributed by atoms with Crippen molar-refractivity contribution in [1.29, 1.82) is 0 Å². The highest BCUT2D eigenvalue weighted by molar-refractivity contribution is 5.22. The minimum Gasteiger partial charge on any atom is -0.486 e. The summed E-state index contributed by atoms with van der Waals surface area (Å²) >= 11 is 0. The van der Waals surface area contributed by atoms with Gasteiger partial charge in [-0.25, -0.2) is 0 Å². The summed E-state index contributed by atoms with van der Waals surface area (Å²) in [5.41, 5.74) is 0.917. The lowest BCUT2D eigenvalue weighted by Crippen LogP contribution is -2.61. The van der Waals surface area contributed by atoms with Crippen LogP contribution < -0.4 is 10.1 Å². The van der Waals surface area contributed by atoms with Crippen molar-refractivity contribution in [2.75, 3.05) is 6.61 Å². The Balaban J connectivity index is 1.63. The first-order chi connectivity index (χ1) is 11.2. The van der Waals surface area contributed by atoms with E-state index >= 15 is 0 Å². The molecule has 0 bridgehead atoms. The summed E-state index contributed by atoms with van der Waals surface area (Å²) in [4.78, 5) is 0. The number of hydrogen-bond donors (Lipinski definition) is 1. The topological polar surface area (TPSA) is 56.5 Å². The summed E-state index contributed by atoms with van der Waals surface area (Å²) in [5, 5.41) is 7.66. The summed E-state index contributed by atoms with van der Waals surface area (Å²) in [6, 6.07) is 12.2. The number of para-hydroxylation sites is 1. The fourth-order valence-corrected chi connectivity index (χ4v) is 2.93. The van der Waals surface area contributed by atoms with Gasteiger partial charge < -0.3 is 19.3 Å². The highest BCUT2D eigenvalue weighted by Crippen LogP contribution is 2.31. The molecular formula is C18H24N2O3. The number of aryl methyl sites for hydroxylation is 1. The van der Waals surface area contributed by atoms with E-state index in [4.69, 9.17) is 14.0 Å². The van der Waals surface area contributed by atoms with Gasteiger partial charge in [0, 0.05) is 18.7 Å². The SMILES string of the molecule is CCOC1CC(NC(C)c2cc(C)on2)C1Oc1ccccc1. The Kier molecular flexibility index (Phi) is 4.98. The van der Waals surface area contributed by atoms with Crippen LogP contribution in [0.2, 0.25) is 0 Å². The van der Waals surface area contributed by atoms with E-state index in [2.05, 4.69) is 17.4 Å². The minimum absolute atomic E-state index is 0.00722. The Morgan fingerprint density at radius 3 is 2.78 bits per heavy atom. The van der Waals surface area contributed by atoms with Crippen LogP contribution in [0.3, 0.4) is 0 Å². The van der Waals surface area contributed by atoms with Crippen LogP contribution in [0, 0.1) is 6.92 Å². The van der Waals surface area contributed by atoms with Gasteiger partial charge in [-0.2, -0.15) is 0 Å². The molecule has 4 atom stereocenters. The van der Waals surface area contributed by atoms with Crippen molar-refractivity contribution in [2.45, 2.75) is 51.5 Å². The van der Waals surface area contributed by atoms with Crippen LogP contribution in [-0.4, -0.2) is 30.0 Å². The number of ether oxygens (including phenoxy) is 2. The third-order valence-corrected chi connectivity index (χ3v) is 4.20. The summed E-state index contributed by atoms with van der Waals surface area (Å²) in [5.74, 6) is 1.70. The normalized spacial score (nSPS) is 24.9. The summed E-state index contributed by atoms with van der Waals surface area (Å²) in [6.07, 6.45) is 1.07. The average molecular weight is 316 g/mol. The second-order valence-corrected chi connectivity index (χ2v) is 5.98. The molecule has 3 rings (SSSR count). The van der Waals surface area contributed by atoms with Gasteiger partial charge >= 0.3 is 0 Å². The van der Waals surface area contributed by atoms with Crippen LogP contribution >= 0.6 is 0 Å². The molecule has 2 aromatic rings. The molecule has 23 heavy (non-hydrogen) atoms. The number of benzene rings is 1. The van der Waals surface area contributed by atoms with E-state index in [9.17, 15) is 0 Å². The van der Waals surface area contributed by atoms with Crippen LogP contribution in [0.25, 0.3) is 0 Å². The van der Waals surface area contributed by atoms with E-state index in [-0.39, 0.29) is 24.3 Å². The molecule has 5 nitrogen and oxygen atoms in total. The van der Waals surface area contributed by atoms with Crippen molar-refractivity contribution in [1.82, 2.24) is 10.5 Å². The van der Waals surface area contributed by atoms with Crippen molar-refractivity contribution in [3.8, 4) is 5.75 Å². The molecule has 1 aromatic heterocycles. The Bertz CT molecular complexity index is 614. The van der Waals surface area contributed by atoms with Crippen LogP contribution in [0.15, 0.2) is 40.9 Å². The van der Waals surface area contributed by atoms with E-state index in [1.807, 2.05) is 50.2 Å². The molecule has 4 unspecified atom stereocenters. The zero-order valence-corrected chi connectivity index (χ0v) is 13.9. The first-order valence-electron chi connectivity index (χ1n) is 8.20. The van der Waals surface area contributed by atoms with Crippen LogP contribution in [0.4, 0.5) is 0 Å². The standard InChI is InChI=1S/C18H24N2O3/c1-4-21-17-11-16(18(17)22-14-8-6-5-7-9-14)19-13(3)15-10-12(2)23-20-15/h5-10,13,16-19H,4,11H2,1-3H3. The fourth-order valence-electron chi connectivity index (χ4n) is 2.93. The van der Waals surface area contributed by atoms with Crippen molar-refractivity contribution >= 4 is 0 Å². The largest absolute Gasteiger partial charge is 0.486 e.